The number of nitrogens with one attached hydrogen (secondary N) is 1. The zero-order chi connectivity index (χ0) is 11.8. The molecule has 1 N–H and O–H groups in total. The monoisotopic (exact) mass is 230 g/mol. The average Bonchev–Trinajstić information content (AvgIpc) is 2.75. The second kappa shape index (κ2) is 3.51. The van der Waals surface area contributed by atoms with Gasteiger partial charge in [-0.15, -0.1) is 0 Å². The third-order valence-corrected chi connectivity index (χ3v) is 2.42. The van der Waals surface area contributed by atoms with Crippen molar-refractivity contribution >= 4 is 10.9 Å². The minimum Gasteiger partial charge on any atom is -0.265 e. The number of H-pyrrole nitrogens is 1. The molecule has 0 aliphatic heterocycles. The summed E-state index contributed by atoms with van der Waals surface area (Å²) in [4.78, 5) is 11.4. The predicted molar refractivity (Wildman–Crippen MR) is 59.4 cm³/mol. The van der Waals surface area contributed by atoms with E-state index in [0.717, 1.165) is 0 Å². The number of rotatable bonds is 1. The molecule has 1 aromatic carbocycles. The van der Waals surface area contributed by atoms with Gasteiger partial charge in [0.15, 0.2) is 5.52 Å². The fourth-order valence-electron chi connectivity index (χ4n) is 1.60. The second-order valence-corrected chi connectivity index (χ2v) is 3.55. The number of aromatic amines is 1. The van der Waals surface area contributed by atoms with Gasteiger partial charge in [-0.2, -0.15) is 10.2 Å². The minimum absolute atomic E-state index is 0.310. The summed E-state index contributed by atoms with van der Waals surface area (Å²) in [5, 5.41) is 10.7. The predicted octanol–water partition coefficient (Wildman–Crippen LogP) is 1.25. The Morgan fingerprint density at radius 1 is 1.24 bits per heavy atom. The van der Waals surface area contributed by atoms with E-state index in [1.165, 1.54) is 23.0 Å². The quantitative estimate of drug-likeness (QED) is 0.684. The highest BCUT2D eigenvalue weighted by molar-refractivity contribution is 5.76. The van der Waals surface area contributed by atoms with Gasteiger partial charge in [0.25, 0.3) is 5.56 Å². The van der Waals surface area contributed by atoms with Gasteiger partial charge in [-0.3, -0.25) is 4.79 Å². The van der Waals surface area contributed by atoms with Crippen molar-refractivity contribution in [1.29, 1.82) is 0 Å². The molecule has 0 fully saturated rings. The lowest BCUT2D eigenvalue weighted by Gasteiger charge is -1.99. The average molecular weight is 230 g/mol. The molecule has 0 aliphatic carbocycles. The maximum atomic E-state index is 12.8. The highest BCUT2D eigenvalue weighted by Gasteiger charge is 2.05. The van der Waals surface area contributed by atoms with E-state index in [0.29, 0.717) is 16.6 Å². The van der Waals surface area contributed by atoms with E-state index in [2.05, 4.69) is 15.3 Å². The van der Waals surface area contributed by atoms with Crippen molar-refractivity contribution in [1.82, 2.24) is 20.0 Å². The van der Waals surface area contributed by atoms with Gasteiger partial charge >= 0.3 is 0 Å². The van der Waals surface area contributed by atoms with E-state index >= 15 is 0 Å². The molecule has 0 saturated heterocycles. The van der Waals surface area contributed by atoms with E-state index in [-0.39, 0.29) is 11.4 Å². The Bertz CT molecular complexity index is 729. The first-order valence-corrected chi connectivity index (χ1v) is 4.93. The summed E-state index contributed by atoms with van der Waals surface area (Å²) in [7, 11) is 0. The summed E-state index contributed by atoms with van der Waals surface area (Å²) >= 11 is 0. The molecule has 0 unspecified atom stereocenters. The van der Waals surface area contributed by atoms with Crippen LogP contribution in [-0.4, -0.2) is 20.0 Å². The van der Waals surface area contributed by atoms with Crippen molar-refractivity contribution in [3.63, 3.8) is 0 Å². The molecule has 3 aromatic rings. The number of hydrogen-bond acceptors (Lipinski definition) is 3. The Labute approximate surface area is 94.5 Å². The summed E-state index contributed by atoms with van der Waals surface area (Å²) in [6.45, 7) is 0. The van der Waals surface area contributed by atoms with E-state index < -0.39 is 0 Å². The summed E-state index contributed by atoms with van der Waals surface area (Å²) in [6, 6.07) is 5.85. The summed E-state index contributed by atoms with van der Waals surface area (Å²) in [5.74, 6) is -0.315. The van der Waals surface area contributed by atoms with Crippen LogP contribution in [0.2, 0.25) is 0 Å². The van der Waals surface area contributed by atoms with Gasteiger partial charge in [-0.1, -0.05) is 0 Å². The van der Waals surface area contributed by atoms with Crippen molar-refractivity contribution in [2.24, 2.45) is 0 Å². The molecular formula is C11H7FN4O. The molecule has 0 spiro atoms. The third-order valence-electron chi connectivity index (χ3n) is 2.42. The van der Waals surface area contributed by atoms with Gasteiger partial charge in [0, 0.05) is 11.6 Å². The first-order chi connectivity index (χ1) is 8.24. The van der Waals surface area contributed by atoms with Crippen molar-refractivity contribution < 1.29 is 4.39 Å². The van der Waals surface area contributed by atoms with Gasteiger partial charge in [-0.25, -0.2) is 14.2 Å². The fraction of sp³-hybridized carbons (Fsp3) is 0. The van der Waals surface area contributed by atoms with Gasteiger partial charge < -0.3 is 0 Å². The molecule has 6 heteroatoms. The molecule has 17 heavy (non-hydrogen) atoms. The number of aromatic nitrogens is 4. The first kappa shape index (κ1) is 9.71. The van der Waals surface area contributed by atoms with Crippen LogP contribution in [0.3, 0.4) is 0 Å². The van der Waals surface area contributed by atoms with Gasteiger partial charge in [0.2, 0.25) is 0 Å². The first-order valence-electron chi connectivity index (χ1n) is 4.93. The standard InChI is InChI=1S/C11H7FN4O/c12-8-1-3-9(4-2-8)16-6-7-5-13-14-11(17)10(7)15-16/h1-6H,(H,14,17). The van der Waals surface area contributed by atoms with Crippen LogP contribution in [0, 0.1) is 5.82 Å². The molecular weight excluding hydrogens is 223 g/mol. The zero-order valence-electron chi connectivity index (χ0n) is 8.59. The number of hydrogen-bond donors (Lipinski definition) is 1. The molecule has 2 aromatic heterocycles. The van der Waals surface area contributed by atoms with Crippen LogP contribution in [0.1, 0.15) is 0 Å². The molecule has 3 rings (SSSR count). The molecule has 0 saturated carbocycles. The van der Waals surface area contributed by atoms with E-state index in [1.54, 1.807) is 18.3 Å². The summed E-state index contributed by atoms with van der Waals surface area (Å²) in [6.07, 6.45) is 3.19. The normalized spacial score (nSPS) is 10.9. The van der Waals surface area contributed by atoms with Gasteiger partial charge in [0.05, 0.1) is 11.9 Å². The Morgan fingerprint density at radius 2 is 2.00 bits per heavy atom. The van der Waals surface area contributed by atoms with E-state index in [9.17, 15) is 9.18 Å². The van der Waals surface area contributed by atoms with Crippen LogP contribution in [0.15, 0.2) is 41.5 Å². The number of fused-ring (bicyclic) bond motifs is 1. The molecule has 84 valence electrons. The maximum absolute atomic E-state index is 12.8. The highest BCUT2D eigenvalue weighted by atomic mass is 19.1. The Kier molecular flexibility index (Phi) is 2.01. The lowest BCUT2D eigenvalue weighted by Crippen LogP contribution is -2.07. The van der Waals surface area contributed by atoms with Crippen molar-refractivity contribution in [3.05, 3.63) is 52.8 Å². The van der Waals surface area contributed by atoms with Crippen LogP contribution >= 0.6 is 0 Å². The molecule has 0 bridgehead atoms. The summed E-state index contributed by atoms with van der Waals surface area (Å²) < 4.78 is 14.3. The van der Waals surface area contributed by atoms with Crippen LogP contribution in [0.25, 0.3) is 16.6 Å². The van der Waals surface area contributed by atoms with Crippen molar-refractivity contribution in [2.75, 3.05) is 0 Å². The molecule has 0 atom stereocenters. The largest absolute Gasteiger partial charge is 0.292 e. The van der Waals surface area contributed by atoms with Crippen LogP contribution in [-0.2, 0) is 0 Å². The Hall–Kier alpha value is -2.50. The number of nitrogens with zero attached hydrogens (tertiary/aromatic N) is 3. The maximum Gasteiger partial charge on any atom is 0.292 e. The molecule has 2 heterocycles. The second-order valence-electron chi connectivity index (χ2n) is 3.55. The van der Waals surface area contributed by atoms with E-state index in [1.807, 2.05) is 0 Å². The van der Waals surface area contributed by atoms with Gasteiger partial charge in [0.1, 0.15) is 5.82 Å². The van der Waals surface area contributed by atoms with Gasteiger partial charge in [-0.05, 0) is 24.3 Å². The molecule has 0 amide bonds. The number of halogens is 1. The molecule has 5 nitrogen and oxygen atoms in total. The van der Waals surface area contributed by atoms with Crippen molar-refractivity contribution in [2.45, 2.75) is 0 Å². The van der Waals surface area contributed by atoms with Crippen molar-refractivity contribution in [3.8, 4) is 5.69 Å². The highest BCUT2D eigenvalue weighted by Crippen LogP contribution is 2.12. The topological polar surface area (TPSA) is 63.6 Å². The summed E-state index contributed by atoms with van der Waals surface area (Å²) in [5.41, 5.74) is 0.648. The van der Waals surface area contributed by atoms with E-state index in [4.69, 9.17) is 0 Å². The third kappa shape index (κ3) is 1.59. The minimum atomic E-state index is -0.344. The lowest BCUT2D eigenvalue weighted by atomic mass is 10.3. The fourth-order valence-corrected chi connectivity index (χ4v) is 1.60. The Balaban J connectivity index is 2.21. The molecule has 0 radical (unpaired) electrons. The SMILES string of the molecule is O=c1[nH]ncc2cn(-c3ccc(F)cc3)nc12. The van der Waals surface area contributed by atoms with Crippen LogP contribution in [0.5, 0.6) is 0 Å². The molecule has 0 aliphatic rings. The zero-order valence-corrected chi connectivity index (χ0v) is 8.59. The number of benzene rings is 1. The smallest absolute Gasteiger partial charge is 0.265 e. The lowest BCUT2D eigenvalue weighted by molar-refractivity contribution is 0.627. The van der Waals surface area contributed by atoms with Crippen LogP contribution in [0.4, 0.5) is 4.39 Å². The Morgan fingerprint density at radius 3 is 2.71 bits per heavy atom. The van der Waals surface area contributed by atoms with Crippen LogP contribution < -0.4 is 5.56 Å².